The van der Waals surface area contributed by atoms with Crippen LogP contribution in [0.3, 0.4) is 0 Å². The zero-order valence-corrected chi connectivity index (χ0v) is 17.6. The number of rotatable bonds is 7. The maximum absolute atomic E-state index is 12.0. The quantitative estimate of drug-likeness (QED) is 0.531. The maximum Gasteiger partial charge on any atom is 0.410 e. The number of amides is 1. The number of aliphatic imine (C=N–C) groups is 1. The Bertz CT molecular complexity index is 442. The average molecular weight is 370 g/mol. The van der Waals surface area contributed by atoms with Crippen LogP contribution in [0.5, 0.6) is 0 Å². The van der Waals surface area contributed by atoms with Gasteiger partial charge in [0, 0.05) is 40.3 Å². The van der Waals surface area contributed by atoms with Gasteiger partial charge < -0.3 is 25.2 Å². The van der Waals surface area contributed by atoms with Crippen LogP contribution in [0.1, 0.15) is 47.0 Å². The summed E-state index contributed by atoms with van der Waals surface area (Å²) in [6.07, 6.45) is 3.71. The van der Waals surface area contributed by atoms with Gasteiger partial charge in [-0.15, -0.1) is 0 Å². The summed E-state index contributed by atoms with van der Waals surface area (Å²) >= 11 is 0. The summed E-state index contributed by atoms with van der Waals surface area (Å²) < 4.78 is 5.38. The SMILES string of the molecule is CN=C(NCCN1CCCCC1)NCC(C)CN(C)C(=O)OC(C)(C)C. The Morgan fingerprint density at radius 1 is 1.23 bits per heavy atom. The van der Waals surface area contributed by atoms with E-state index in [1.54, 1.807) is 19.0 Å². The van der Waals surface area contributed by atoms with Crippen molar-refractivity contribution >= 4 is 12.1 Å². The number of carbonyl (C=O) groups is 1. The van der Waals surface area contributed by atoms with E-state index in [9.17, 15) is 4.79 Å². The monoisotopic (exact) mass is 369 g/mol. The third-order valence-electron chi connectivity index (χ3n) is 4.30. The molecule has 1 unspecified atom stereocenters. The van der Waals surface area contributed by atoms with Gasteiger partial charge in [0.05, 0.1) is 0 Å². The Morgan fingerprint density at radius 2 is 1.88 bits per heavy atom. The van der Waals surface area contributed by atoms with Crippen LogP contribution in [0.15, 0.2) is 4.99 Å². The number of ether oxygens (including phenoxy) is 1. The van der Waals surface area contributed by atoms with Crippen LogP contribution < -0.4 is 10.6 Å². The van der Waals surface area contributed by atoms with Crippen LogP contribution >= 0.6 is 0 Å². The minimum Gasteiger partial charge on any atom is -0.444 e. The van der Waals surface area contributed by atoms with Crippen molar-refractivity contribution in [3.63, 3.8) is 0 Å². The normalized spacial score (nSPS) is 17.5. The van der Waals surface area contributed by atoms with E-state index >= 15 is 0 Å². The predicted octanol–water partition coefficient (Wildman–Crippen LogP) is 2.14. The summed E-state index contributed by atoms with van der Waals surface area (Å²) in [5.74, 6) is 1.10. The first kappa shape index (κ1) is 22.5. The molecule has 1 aliphatic rings. The third-order valence-corrected chi connectivity index (χ3v) is 4.30. The highest BCUT2D eigenvalue weighted by Crippen LogP contribution is 2.10. The summed E-state index contributed by atoms with van der Waals surface area (Å²) in [7, 11) is 3.56. The first-order valence-electron chi connectivity index (χ1n) is 9.82. The highest BCUT2D eigenvalue weighted by molar-refractivity contribution is 5.79. The second kappa shape index (κ2) is 11.3. The third kappa shape index (κ3) is 9.85. The van der Waals surface area contributed by atoms with Crippen molar-refractivity contribution in [3.8, 4) is 0 Å². The molecule has 26 heavy (non-hydrogen) atoms. The van der Waals surface area contributed by atoms with Crippen molar-refractivity contribution in [2.75, 3.05) is 53.4 Å². The van der Waals surface area contributed by atoms with Crippen molar-refractivity contribution in [3.05, 3.63) is 0 Å². The van der Waals surface area contributed by atoms with Gasteiger partial charge in [0.1, 0.15) is 5.60 Å². The van der Waals surface area contributed by atoms with E-state index in [0.29, 0.717) is 6.54 Å². The molecular weight excluding hydrogens is 330 g/mol. The molecule has 0 radical (unpaired) electrons. The lowest BCUT2D eigenvalue weighted by Crippen LogP contribution is -2.45. The molecule has 0 aromatic carbocycles. The smallest absolute Gasteiger partial charge is 0.410 e. The lowest BCUT2D eigenvalue weighted by molar-refractivity contribution is 0.0278. The summed E-state index contributed by atoms with van der Waals surface area (Å²) in [5, 5.41) is 6.71. The molecule has 0 aromatic heterocycles. The number of hydrogen-bond donors (Lipinski definition) is 2. The fourth-order valence-corrected chi connectivity index (χ4v) is 2.95. The average Bonchev–Trinajstić information content (AvgIpc) is 2.57. The zero-order chi connectivity index (χ0) is 19.6. The number of nitrogens with zero attached hydrogens (tertiary/aromatic N) is 3. The van der Waals surface area contributed by atoms with Gasteiger partial charge in [0.15, 0.2) is 5.96 Å². The zero-order valence-electron chi connectivity index (χ0n) is 17.6. The number of piperidine rings is 1. The minimum absolute atomic E-state index is 0.284. The van der Waals surface area contributed by atoms with Gasteiger partial charge in [0.2, 0.25) is 0 Å². The molecule has 1 aliphatic heterocycles. The van der Waals surface area contributed by atoms with Gasteiger partial charge in [-0.1, -0.05) is 13.3 Å². The first-order chi connectivity index (χ1) is 12.2. The van der Waals surface area contributed by atoms with Gasteiger partial charge >= 0.3 is 6.09 Å². The van der Waals surface area contributed by atoms with E-state index in [1.807, 2.05) is 20.8 Å². The summed E-state index contributed by atoms with van der Waals surface area (Å²) in [5.41, 5.74) is -0.465. The molecule has 1 rings (SSSR count). The fourth-order valence-electron chi connectivity index (χ4n) is 2.95. The van der Waals surface area contributed by atoms with Gasteiger partial charge in [-0.05, 0) is 52.6 Å². The largest absolute Gasteiger partial charge is 0.444 e. The summed E-state index contributed by atoms with van der Waals surface area (Å²) in [6.45, 7) is 13.5. The molecule has 1 amide bonds. The van der Waals surface area contributed by atoms with Gasteiger partial charge in [-0.3, -0.25) is 4.99 Å². The molecule has 0 saturated carbocycles. The standard InChI is InChI=1S/C19H39N5O2/c1-16(15-23(6)18(25)26-19(2,3)4)14-22-17(20-5)21-10-13-24-11-8-7-9-12-24/h16H,7-15H2,1-6H3,(H2,20,21,22). The van der Waals surface area contributed by atoms with Crippen LogP contribution in [0.2, 0.25) is 0 Å². The highest BCUT2D eigenvalue weighted by atomic mass is 16.6. The first-order valence-corrected chi connectivity index (χ1v) is 9.82. The minimum atomic E-state index is -0.465. The van der Waals surface area contributed by atoms with E-state index in [1.165, 1.54) is 32.4 Å². The number of hydrogen-bond acceptors (Lipinski definition) is 4. The van der Waals surface area contributed by atoms with Crippen molar-refractivity contribution in [2.24, 2.45) is 10.9 Å². The van der Waals surface area contributed by atoms with Crippen LogP contribution in [-0.4, -0.2) is 80.8 Å². The van der Waals surface area contributed by atoms with Crippen molar-refractivity contribution in [1.82, 2.24) is 20.4 Å². The summed E-state index contributed by atoms with van der Waals surface area (Å²) in [6, 6.07) is 0. The lowest BCUT2D eigenvalue weighted by atomic mass is 10.1. The number of carbonyl (C=O) groups excluding carboxylic acids is 1. The van der Waals surface area contributed by atoms with Crippen LogP contribution in [0, 0.1) is 5.92 Å². The molecule has 0 aliphatic carbocycles. The van der Waals surface area contributed by atoms with Crippen molar-refractivity contribution < 1.29 is 9.53 Å². The van der Waals surface area contributed by atoms with Crippen LogP contribution in [0.4, 0.5) is 4.79 Å². The Labute approximate surface area is 159 Å². The molecule has 0 bridgehead atoms. The molecule has 152 valence electrons. The van der Waals surface area contributed by atoms with Crippen molar-refractivity contribution in [2.45, 2.75) is 52.6 Å². The molecule has 7 heteroatoms. The van der Waals surface area contributed by atoms with Gasteiger partial charge in [-0.25, -0.2) is 4.79 Å². The molecule has 1 fully saturated rings. The lowest BCUT2D eigenvalue weighted by Gasteiger charge is -2.27. The topological polar surface area (TPSA) is 69.2 Å². The van der Waals surface area contributed by atoms with E-state index in [0.717, 1.165) is 25.6 Å². The van der Waals surface area contributed by atoms with E-state index in [-0.39, 0.29) is 12.0 Å². The highest BCUT2D eigenvalue weighted by Gasteiger charge is 2.20. The molecule has 7 nitrogen and oxygen atoms in total. The molecule has 1 saturated heterocycles. The molecule has 0 spiro atoms. The molecule has 1 heterocycles. The molecule has 1 atom stereocenters. The number of likely N-dealkylation sites (tertiary alicyclic amines) is 1. The Morgan fingerprint density at radius 3 is 2.46 bits per heavy atom. The Hall–Kier alpha value is -1.50. The Kier molecular flexibility index (Phi) is 9.76. The molecular formula is C19H39N5O2. The van der Waals surface area contributed by atoms with E-state index in [2.05, 4.69) is 27.4 Å². The Balaban J connectivity index is 2.23. The van der Waals surface area contributed by atoms with E-state index < -0.39 is 5.60 Å². The molecule has 2 N–H and O–H groups in total. The fraction of sp³-hybridized carbons (Fsp3) is 0.895. The van der Waals surface area contributed by atoms with E-state index in [4.69, 9.17) is 4.74 Å². The maximum atomic E-state index is 12.0. The van der Waals surface area contributed by atoms with Crippen LogP contribution in [-0.2, 0) is 4.74 Å². The van der Waals surface area contributed by atoms with Gasteiger partial charge in [0.25, 0.3) is 0 Å². The number of guanidine groups is 1. The molecule has 0 aromatic rings. The summed E-state index contributed by atoms with van der Waals surface area (Å²) in [4.78, 5) is 20.4. The predicted molar refractivity (Wildman–Crippen MR) is 108 cm³/mol. The van der Waals surface area contributed by atoms with Crippen LogP contribution in [0.25, 0.3) is 0 Å². The number of nitrogens with one attached hydrogen (secondary N) is 2. The second-order valence-electron chi connectivity index (χ2n) is 8.25. The van der Waals surface area contributed by atoms with Gasteiger partial charge in [-0.2, -0.15) is 0 Å². The second-order valence-corrected chi connectivity index (χ2v) is 8.25. The van der Waals surface area contributed by atoms with Crippen molar-refractivity contribution in [1.29, 1.82) is 0 Å².